The molecule has 0 bridgehead atoms. The lowest BCUT2D eigenvalue weighted by Crippen LogP contribution is -2.41. The fraction of sp³-hybridized carbons (Fsp3) is 0.429. The lowest BCUT2D eigenvalue weighted by Gasteiger charge is -2.24. The van der Waals surface area contributed by atoms with Crippen molar-refractivity contribution in [1.29, 1.82) is 0 Å². The number of nitrogens with one attached hydrogen (secondary N) is 1. The molecule has 1 N–H and O–H groups in total. The van der Waals surface area contributed by atoms with Gasteiger partial charge in [-0.3, -0.25) is 0 Å². The van der Waals surface area contributed by atoms with Gasteiger partial charge in [-0.25, -0.2) is 4.39 Å². The van der Waals surface area contributed by atoms with E-state index in [0.717, 1.165) is 36.2 Å². The summed E-state index contributed by atoms with van der Waals surface area (Å²) in [7, 11) is 0. The van der Waals surface area contributed by atoms with Crippen LogP contribution >= 0.6 is 15.9 Å². The van der Waals surface area contributed by atoms with E-state index < -0.39 is 0 Å². The Bertz CT molecular complexity index is 441. The lowest BCUT2D eigenvalue weighted by molar-refractivity contribution is 0.0771. The van der Waals surface area contributed by atoms with Gasteiger partial charge in [0.2, 0.25) is 0 Å². The highest BCUT2D eigenvalue weighted by atomic mass is 79.9. The second-order valence-electron chi connectivity index (χ2n) is 4.59. The minimum Gasteiger partial charge on any atom is -0.379 e. The van der Waals surface area contributed by atoms with Crippen LogP contribution in [0, 0.1) is 5.82 Å². The van der Waals surface area contributed by atoms with E-state index in [0.29, 0.717) is 11.6 Å². The largest absolute Gasteiger partial charge is 0.379 e. The number of rotatable bonds is 3. The summed E-state index contributed by atoms with van der Waals surface area (Å²) in [5, 5.41) is 3.39. The van der Waals surface area contributed by atoms with Gasteiger partial charge in [-0.05, 0) is 31.5 Å². The maximum absolute atomic E-state index is 13.6. The second-order valence-corrected chi connectivity index (χ2v) is 5.50. The summed E-state index contributed by atoms with van der Waals surface area (Å²) in [5.74, 6) is -0.189. The molecule has 98 valence electrons. The molecule has 2 rings (SSSR count). The van der Waals surface area contributed by atoms with E-state index in [1.165, 1.54) is 6.07 Å². The maximum Gasteiger partial charge on any atom is 0.130 e. The highest BCUT2D eigenvalue weighted by molar-refractivity contribution is 9.10. The van der Waals surface area contributed by atoms with Crippen LogP contribution in [-0.2, 0) is 4.74 Å². The summed E-state index contributed by atoms with van der Waals surface area (Å²) in [6.07, 6.45) is 2.78. The fourth-order valence-corrected chi connectivity index (χ4v) is 2.47. The third kappa shape index (κ3) is 3.90. The van der Waals surface area contributed by atoms with Crippen molar-refractivity contribution < 1.29 is 9.13 Å². The van der Waals surface area contributed by atoms with Gasteiger partial charge < -0.3 is 10.1 Å². The fourth-order valence-electron chi connectivity index (χ4n) is 2.09. The van der Waals surface area contributed by atoms with E-state index in [4.69, 9.17) is 4.74 Å². The molecule has 1 aliphatic heterocycles. The Kier molecular flexibility index (Phi) is 4.92. The van der Waals surface area contributed by atoms with Crippen molar-refractivity contribution in [1.82, 2.24) is 5.32 Å². The number of halogens is 2. The normalized spacial score (nSPS) is 21.1. The van der Waals surface area contributed by atoms with Crippen molar-refractivity contribution in [3.05, 3.63) is 39.6 Å². The number of morpholine rings is 1. The quantitative estimate of drug-likeness (QED) is 0.923. The molecule has 1 fully saturated rings. The number of hydrogen-bond donors (Lipinski definition) is 1. The SMILES string of the molecule is C/C(=C/c1cc(Br)ccc1F)CC1COCCN1. The number of ether oxygens (including phenoxy) is 1. The zero-order chi connectivity index (χ0) is 13.0. The Morgan fingerprint density at radius 1 is 1.61 bits per heavy atom. The van der Waals surface area contributed by atoms with Crippen LogP contribution in [0.15, 0.2) is 28.2 Å². The van der Waals surface area contributed by atoms with Crippen LogP contribution in [0.3, 0.4) is 0 Å². The minimum atomic E-state index is -0.189. The van der Waals surface area contributed by atoms with Crippen LogP contribution in [0.25, 0.3) is 6.08 Å². The topological polar surface area (TPSA) is 21.3 Å². The molecule has 1 saturated heterocycles. The minimum absolute atomic E-state index is 0.189. The van der Waals surface area contributed by atoms with Gasteiger partial charge in [-0.15, -0.1) is 0 Å². The molecule has 0 amide bonds. The number of benzene rings is 1. The van der Waals surface area contributed by atoms with Crippen LogP contribution < -0.4 is 5.32 Å². The molecule has 1 aliphatic rings. The molecular weight excluding hydrogens is 297 g/mol. The van der Waals surface area contributed by atoms with Gasteiger partial charge in [-0.2, -0.15) is 0 Å². The van der Waals surface area contributed by atoms with Gasteiger partial charge in [0.1, 0.15) is 5.82 Å². The Balaban J connectivity index is 2.04. The van der Waals surface area contributed by atoms with Crippen molar-refractivity contribution in [3.8, 4) is 0 Å². The first-order chi connectivity index (χ1) is 8.65. The van der Waals surface area contributed by atoms with Crippen LogP contribution in [-0.4, -0.2) is 25.8 Å². The summed E-state index contributed by atoms with van der Waals surface area (Å²) in [6, 6.07) is 5.32. The van der Waals surface area contributed by atoms with Crippen LogP contribution in [0.2, 0.25) is 0 Å². The molecule has 1 aromatic carbocycles. The van der Waals surface area contributed by atoms with Crippen molar-refractivity contribution in [2.24, 2.45) is 0 Å². The Morgan fingerprint density at radius 2 is 2.44 bits per heavy atom. The molecule has 0 saturated carbocycles. The molecule has 1 atom stereocenters. The molecule has 0 aliphatic carbocycles. The predicted octanol–water partition coefficient (Wildman–Crippen LogP) is 3.37. The highest BCUT2D eigenvalue weighted by Gasteiger charge is 2.13. The third-order valence-electron chi connectivity index (χ3n) is 2.93. The zero-order valence-corrected chi connectivity index (χ0v) is 12.0. The van der Waals surface area contributed by atoms with Crippen molar-refractivity contribution >= 4 is 22.0 Å². The molecule has 2 nitrogen and oxygen atoms in total. The van der Waals surface area contributed by atoms with Gasteiger partial charge in [0.05, 0.1) is 13.2 Å². The van der Waals surface area contributed by atoms with Gasteiger partial charge in [0.25, 0.3) is 0 Å². The summed E-state index contributed by atoms with van der Waals surface area (Å²) in [6.45, 7) is 4.42. The number of hydrogen-bond acceptors (Lipinski definition) is 2. The van der Waals surface area contributed by atoms with Crippen molar-refractivity contribution in [2.75, 3.05) is 19.8 Å². The monoisotopic (exact) mass is 313 g/mol. The molecule has 1 heterocycles. The van der Waals surface area contributed by atoms with Gasteiger partial charge >= 0.3 is 0 Å². The highest BCUT2D eigenvalue weighted by Crippen LogP contribution is 2.19. The Hall–Kier alpha value is -0.710. The molecular formula is C14H17BrFNO. The van der Waals surface area contributed by atoms with E-state index in [-0.39, 0.29) is 5.82 Å². The maximum atomic E-state index is 13.6. The third-order valence-corrected chi connectivity index (χ3v) is 3.42. The van der Waals surface area contributed by atoms with E-state index in [1.54, 1.807) is 12.1 Å². The molecule has 18 heavy (non-hydrogen) atoms. The lowest BCUT2D eigenvalue weighted by atomic mass is 10.0. The molecule has 1 aromatic rings. The summed E-state index contributed by atoms with van der Waals surface area (Å²) >= 11 is 3.36. The standard InChI is InChI=1S/C14H17BrFNO/c1-10(7-13-9-18-5-4-17-13)6-11-8-12(15)2-3-14(11)16/h2-3,6,8,13,17H,4-5,7,9H2,1H3/b10-6-. The first kappa shape index (κ1) is 13.7. The molecule has 0 aromatic heterocycles. The van der Waals surface area contributed by atoms with Crippen LogP contribution in [0.4, 0.5) is 4.39 Å². The van der Waals surface area contributed by atoms with Crippen molar-refractivity contribution in [3.63, 3.8) is 0 Å². The van der Waals surface area contributed by atoms with Gasteiger partial charge in [0, 0.05) is 22.6 Å². The average Bonchev–Trinajstić information content (AvgIpc) is 2.35. The van der Waals surface area contributed by atoms with Crippen molar-refractivity contribution in [2.45, 2.75) is 19.4 Å². The molecule has 0 spiro atoms. The van der Waals surface area contributed by atoms with Gasteiger partial charge in [-0.1, -0.05) is 27.6 Å². The van der Waals surface area contributed by atoms with Gasteiger partial charge in [0.15, 0.2) is 0 Å². The van der Waals surface area contributed by atoms with E-state index >= 15 is 0 Å². The van der Waals surface area contributed by atoms with E-state index in [1.807, 2.05) is 13.0 Å². The van der Waals surface area contributed by atoms with E-state index in [9.17, 15) is 4.39 Å². The molecule has 4 heteroatoms. The second kappa shape index (κ2) is 6.45. The Labute approximate surface area is 115 Å². The zero-order valence-electron chi connectivity index (χ0n) is 10.4. The molecule has 1 unspecified atom stereocenters. The van der Waals surface area contributed by atoms with E-state index in [2.05, 4.69) is 21.2 Å². The summed E-state index contributed by atoms with van der Waals surface area (Å²) in [5.41, 5.74) is 1.77. The first-order valence-corrected chi connectivity index (χ1v) is 6.88. The van der Waals surface area contributed by atoms with Crippen LogP contribution in [0.1, 0.15) is 18.9 Å². The first-order valence-electron chi connectivity index (χ1n) is 6.08. The summed E-state index contributed by atoms with van der Waals surface area (Å²) in [4.78, 5) is 0. The predicted molar refractivity (Wildman–Crippen MR) is 75.0 cm³/mol. The smallest absolute Gasteiger partial charge is 0.130 e. The average molecular weight is 314 g/mol. The molecule has 0 radical (unpaired) electrons. The van der Waals surface area contributed by atoms with Crippen LogP contribution in [0.5, 0.6) is 0 Å². The summed E-state index contributed by atoms with van der Waals surface area (Å²) < 4.78 is 19.9. The Morgan fingerprint density at radius 3 is 3.17 bits per heavy atom.